The van der Waals surface area contributed by atoms with Gasteiger partial charge in [-0.2, -0.15) is 10.2 Å². The van der Waals surface area contributed by atoms with Gasteiger partial charge in [-0.1, -0.05) is 24.1 Å². The largest absolute Gasteiger partial charge is 0.350 e. The number of urea groups is 1. The van der Waals surface area contributed by atoms with Crippen LogP contribution in [0.3, 0.4) is 0 Å². The van der Waals surface area contributed by atoms with Gasteiger partial charge in [-0.05, 0) is 30.2 Å². The fraction of sp³-hybridized carbons (Fsp3) is 0.130. The molecular formula is C23H17FN6O2. The smallest absolute Gasteiger partial charge is 0.339 e. The molecule has 3 aromatic heterocycles. The fourth-order valence-electron chi connectivity index (χ4n) is 4.01. The van der Waals surface area contributed by atoms with E-state index in [4.69, 9.17) is 10.6 Å². The van der Waals surface area contributed by atoms with Crippen molar-refractivity contribution in [2.24, 2.45) is 5.73 Å². The number of pyridine rings is 1. The number of hydrogen-bond acceptors (Lipinski definition) is 5. The Morgan fingerprint density at radius 2 is 2.00 bits per heavy atom. The summed E-state index contributed by atoms with van der Waals surface area (Å²) in [6.07, 6.45) is 6.69. The van der Waals surface area contributed by atoms with Crippen molar-refractivity contribution in [3.8, 4) is 11.8 Å². The highest BCUT2D eigenvalue weighted by Crippen LogP contribution is 2.44. The third-order valence-corrected chi connectivity index (χ3v) is 5.42. The number of rotatable bonds is 2. The first-order chi connectivity index (χ1) is 15.6. The van der Waals surface area contributed by atoms with Crippen LogP contribution in [0.5, 0.6) is 0 Å². The van der Waals surface area contributed by atoms with Crippen molar-refractivity contribution in [1.29, 1.82) is 0 Å². The van der Waals surface area contributed by atoms with Crippen molar-refractivity contribution in [3.05, 3.63) is 95.5 Å². The molecule has 0 radical (unpaired) electrons. The zero-order valence-electron chi connectivity index (χ0n) is 16.8. The Labute approximate surface area is 182 Å². The summed E-state index contributed by atoms with van der Waals surface area (Å²) in [4.78, 5) is 26.1. The number of amides is 2. The number of hydrogen-bond donors (Lipinski definition) is 1. The molecule has 32 heavy (non-hydrogen) atoms. The number of primary amides is 1. The van der Waals surface area contributed by atoms with Crippen LogP contribution >= 0.6 is 0 Å². The third-order valence-electron chi connectivity index (χ3n) is 5.42. The average molecular weight is 428 g/mol. The molecule has 0 aliphatic carbocycles. The topological polar surface area (TPSA) is 98.6 Å². The standard InChI is InChI=1S/C23H17FN6O2/c24-21-16(8-9-18-15-27-20-7-3-12-28-29(18)20)4-1-6-19(21)23(17-5-2-11-26-14-17)10-13-32-30(23)22(25)31/h1-7,11-12,14-15H,10,13H2,(H2,25,31). The van der Waals surface area contributed by atoms with Crippen LogP contribution < -0.4 is 5.73 Å². The van der Waals surface area contributed by atoms with E-state index >= 15 is 4.39 Å². The molecule has 0 bridgehead atoms. The number of halogens is 1. The van der Waals surface area contributed by atoms with Gasteiger partial charge in [0, 0.05) is 36.1 Å². The van der Waals surface area contributed by atoms with Gasteiger partial charge in [0.15, 0.2) is 5.65 Å². The number of hydroxylamine groups is 2. The van der Waals surface area contributed by atoms with E-state index in [0.29, 0.717) is 23.3 Å². The summed E-state index contributed by atoms with van der Waals surface area (Å²) in [7, 11) is 0. The molecule has 1 saturated heterocycles. The monoisotopic (exact) mass is 428 g/mol. The van der Waals surface area contributed by atoms with Crippen LogP contribution in [0.25, 0.3) is 5.65 Å². The Bertz CT molecular complexity index is 1380. The number of carbonyl (C=O) groups is 1. The average Bonchev–Trinajstić information content (AvgIpc) is 3.44. The van der Waals surface area contributed by atoms with Crippen molar-refractivity contribution in [3.63, 3.8) is 0 Å². The third kappa shape index (κ3) is 3.05. The van der Waals surface area contributed by atoms with Crippen LogP contribution in [0.2, 0.25) is 0 Å². The molecule has 1 aliphatic heterocycles. The normalized spacial score (nSPS) is 17.8. The van der Waals surface area contributed by atoms with Gasteiger partial charge in [0.25, 0.3) is 0 Å². The van der Waals surface area contributed by atoms with Crippen LogP contribution in [-0.2, 0) is 10.4 Å². The maximum absolute atomic E-state index is 15.8. The number of fused-ring (bicyclic) bond motifs is 1. The van der Waals surface area contributed by atoms with Crippen LogP contribution in [0.4, 0.5) is 9.18 Å². The lowest BCUT2D eigenvalue weighted by Crippen LogP contribution is -2.48. The first kappa shape index (κ1) is 19.7. The van der Waals surface area contributed by atoms with Crippen LogP contribution in [0, 0.1) is 17.7 Å². The second-order valence-corrected chi connectivity index (χ2v) is 7.17. The minimum Gasteiger partial charge on any atom is -0.350 e. The maximum atomic E-state index is 15.8. The molecule has 0 spiro atoms. The quantitative estimate of drug-likeness (QED) is 0.495. The summed E-state index contributed by atoms with van der Waals surface area (Å²) in [6.45, 7) is 0.195. The molecule has 8 nitrogen and oxygen atoms in total. The number of nitrogens with zero attached hydrogens (tertiary/aromatic N) is 5. The minimum atomic E-state index is -1.26. The molecule has 0 saturated carbocycles. The Hall–Kier alpha value is -4.29. The summed E-state index contributed by atoms with van der Waals surface area (Å²) in [5, 5.41) is 5.23. The first-order valence-electron chi connectivity index (χ1n) is 9.84. The number of nitrogens with two attached hydrogens (primary N) is 1. The summed E-state index contributed by atoms with van der Waals surface area (Å²) in [5.74, 6) is 5.23. The van der Waals surface area contributed by atoms with Gasteiger partial charge >= 0.3 is 6.03 Å². The van der Waals surface area contributed by atoms with Crippen LogP contribution in [0.15, 0.2) is 67.3 Å². The molecule has 158 valence electrons. The van der Waals surface area contributed by atoms with Crippen LogP contribution in [-0.4, -0.2) is 37.3 Å². The second-order valence-electron chi connectivity index (χ2n) is 7.17. The van der Waals surface area contributed by atoms with E-state index in [1.54, 1.807) is 71.8 Å². The molecule has 1 unspecified atom stereocenters. The second kappa shape index (κ2) is 7.76. The minimum absolute atomic E-state index is 0.160. The van der Waals surface area contributed by atoms with E-state index in [2.05, 4.69) is 26.9 Å². The Morgan fingerprint density at radius 3 is 2.81 bits per heavy atom. The van der Waals surface area contributed by atoms with E-state index in [1.807, 2.05) is 0 Å². The first-order valence-corrected chi connectivity index (χ1v) is 9.84. The summed E-state index contributed by atoms with van der Waals surface area (Å²) < 4.78 is 17.4. The molecule has 9 heteroatoms. The molecule has 1 aromatic carbocycles. The van der Waals surface area contributed by atoms with Crippen molar-refractivity contribution < 1.29 is 14.0 Å². The number of imidazole rings is 1. The summed E-state index contributed by atoms with van der Waals surface area (Å²) in [6, 6.07) is 11.1. The van der Waals surface area contributed by atoms with Crippen molar-refractivity contribution in [2.45, 2.75) is 12.0 Å². The predicted octanol–water partition coefficient (Wildman–Crippen LogP) is 2.62. The van der Waals surface area contributed by atoms with Gasteiger partial charge < -0.3 is 5.73 Å². The van der Waals surface area contributed by atoms with Gasteiger partial charge in [-0.15, -0.1) is 0 Å². The van der Waals surface area contributed by atoms with E-state index in [1.165, 1.54) is 0 Å². The lowest BCUT2D eigenvalue weighted by Gasteiger charge is -2.36. The van der Waals surface area contributed by atoms with Gasteiger partial charge in [0.05, 0.1) is 18.4 Å². The zero-order valence-corrected chi connectivity index (χ0v) is 16.8. The molecule has 2 amide bonds. The SMILES string of the molecule is NC(=O)N1OCCC1(c1cccnc1)c1cccc(C#Cc2cnc3cccnn23)c1F. The molecule has 4 heterocycles. The number of carbonyl (C=O) groups excluding carboxylic acids is 1. The predicted molar refractivity (Wildman–Crippen MR) is 112 cm³/mol. The van der Waals surface area contributed by atoms with Crippen molar-refractivity contribution >= 4 is 11.7 Å². The van der Waals surface area contributed by atoms with Crippen molar-refractivity contribution in [2.75, 3.05) is 6.61 Å². The lowest BCUT2D eigenvalue weighted by molar-refractivity contribution is -0.107. The molecule has 1 aliphatic rings. The van der Waals surface area contributed by atoms with Gasteiger partial charge in [-0.25, -0.2) is 18.7 Å². The Morgan fingerprint density at radius 1 is 1.12 bits per heavy atom. The van der Waals surface area contributed by atoms with Gasteiger partial charge in [0.1, 0.15) is 17.1 Å². The molecule has 1 atom stereocenters. The van der Waals surface area contributed by atoms with Crippen LogP contribution in [0.1, 0.15) is 28.8 Å². The summed E-state index contributed by atoms with van der Waals surface area (Å²) in [5.41, 5.74) is 6.47. The molecular weight excluding hydrogens is 411 g/mol. The van der Waals surface area contributed by atoms with Crippen molar-refractivity contribution in [1.82, 2.24) is 24.6 Å². The lowest BCUT2D eigenvalue weighted by atomic mass is 9.80. The molecule has 4 aromatic rings. The maximum Gasteiger partial charge on any atom is 0.339 e. The highest BCUT2D eigenvalue weighted by Gasteiger charge is 2.49. The molecule has 5 rings (SSSR count). The van der Waals surface area contributed by atoms with Gasteiger partial charge in [-0.3, -0.25) is 9.82 Å². The molecule has 2 N–H and O–H groups in total. The zero-order chi connectivity index (χ0) is 22.1. The highest BCUT2D eigenvalue weighted by molar-refractivity contribution is 5.73. The number of aromatic nitrogens is 4. The Kier molecular flexibility index (Phi) is 4.77. The Balaban J connectivity index is 1.65. The van der Waals surface area contributed by atoms with E-state index < -0.39 is 17.4 Å². The van der Waals surface area contributed by atoms with E-state index in [9.17, 15) is 4.79 Å². The van der Waals surface area contributed by atoms with E-state index in [0.717, 1.165) is 5.06 Å². The molecule has 1 fully saturated rings. The van der Waals surface area contributed by atoms with E-state index in [-0.39, 0.29) is 17.7 Å². The number of benzene rings is 1. The van der Waals surface area contributed by atoms with Gasteiger partial charge in [0.2, 0.25) is 0 Å². The summed E-state index contributed by atoms with van der Waals surface area (Å²) >= 11 is 0. The fourth-order valence-corrected chi connectivity index (χ4v) is 4.01. The highest BCUT2D eigenvalue weighted by atomic mass is 19.1.